The summed E-state index contributed by atoms with van der Waals surface area (Å²) in [4.78, 5) is 10.7. The number of anilines is 1. The molecular formula is C9H10FNO3. The Morgan fingerprint density at radius 2 is 2.29 bits per heavy atom. The number of hydrogen-bond acceptors (Lipinski definition) is 4. The minimum absolute atomic E-state index is 0.147. The van der Waals surface area contributed by atoms with E-state index in [1.165, 1.54) is 19.2 Å². The zero-order chi connectivity index (χ0) is 10.6. The number of nitrogens with two attached hydrogens (primary N) is 1. The van der Waals surface area contributed by atoms with Gasteiger partial charge in [-0.3, -0.25) is 0 Å². The molecule has 4 nitrogen and oxygen atoms in total. The fraction of sp³-hybridized carbons (Fsp3) is 0.222. The number of esters is 1. The highest BCUT2D eigenvalue weighted by Crippen LogP contribution is 2.21. The topological polar surface area (TPSA) is 61.5 Å². The van der Waals surface area contributed by atoms with Crippen molar-refractivity contribution in [2.24, 2.45) is 0 Å². The number of benzene rings is 1. The summed E-state index contributed by atoms with van der Waals surface area (Å²) in [6, 6.07) is 3.67. The van der Waals surface area contributed by atoms with Crippen molar-refractivity contribution in [1.29, 1.82) is 0 Å². The van der Waals surface area contributed by atoms with Gasteiger partial charge in [-0.05, 0) is 12.1 Å². The number of ether oxygens (including phenoxy) is 2. The maximum Gasteiger partial charge on any atom is 0.343 e. The molecule has 0 aliphatic heterocycles. The summed E-state index contributed by atoms with van der Waals surface area (Å²) in [5.74, 6) is -0.710. The number of methoxy groups -OCH3 is 1. The van der Waals surface area contributed by atoms with Crippen LogP contribution in [0.5, 0.6) is 5.75 Å². The number of nitrogen functional groups attached to an aromatic ring is 1. The number of carbonyl (C=O) groups is 1. The molecule has 76 valence electrons. The van der Waals surface area contributed by atoms with E-state index in [0.717, 1.165) is 6.07 Å². The first-order valence-corrected chi connectivity index (χ1v) is 3.88. The second kappa shape index (κ2) is 4.45. The van der Waals surface area contributed by atoms with E-state index in [1.807, 2.05) is 0 Å². The number of hydrogen-bond donors (Lipinski definition) is 1. The van der Waals surface area contributed by atoms with Crippen molar-refractivity contribution in [2.75, 3.05) is 19.5 Å². The number of halogens is 1. The quantitative estimate of drug-likeness (QED) is 0.581. The fourth-order valence-electron chi connectivity index (χ4n) is 0.846. The predicted molar refractivity (Wildman–Crippen MR) is 48.3 cm³/mol. The number of rotatable bonds is 3. The van der Waals surface area contributed by atoms with Gasteiger partial charge in [0.1, 0.15) is 11.6 Å². The summed E-state index contributed by atoms with van der Waals surface area (Å²) >= 11 is 0. The van der Waals surface area contributed by atoms with Crippen molar-refractivity contribution in [1.82, 2.24) is 0 Å². The maximum absolute atomic E-state index is 12.6. The summed E-state index contributed by atoms with van der Waals surface area (Å²) in [7, 11) is 1.25. The maximum atomic E-state index is 12.6. The normalized spacial score (nSPS) is 9.57. The Morgan fingerprint density at radius 1 is 1.57 bits per heavy atom. The molecule has 0 unspecified atom stereocenters. The molecule has 1 aromatic rings. The predicted octanol–water partition coefficient (Wildman–Crippen LogP) is 0.960. The molecule has 0 atom stereocenters. The molecule has 0 radical (unpaired) electrons. The Bertz CT molecular complexity index is 341. The van der Waals surface area contributed by atoms with Crippen LogP contribution in [0, 0.1) is 5.82 Å². The van der Waals surface area contributed by atoms with Crippen LogP contribution in [0.25, 0.3) is 0 Å². The minimum Gasteiger partial charge on any atom is -0.480 e. The van der Waals surface area contributed by atoms with Crippen LogP contribution in [0.1, 0.15) is 0 Å². The second-order valence-electron chi connectivity index (χ2n) is 2.55. The van der Waals surface area contributed by atoms with Gasteiger partial charge in [-0.2, -0.15) is 0 Å². The van der Waals surface area contributed by atoms with Crippen LogP contribution in [-0.2, 0) is 9.53 Å². The molecule has 0 saturated heterocycles. The molecule has 0 aliphatic rings. The van der Waals surface area contributed by atoms with Gasteiger partial charge in [0.15, 0.2) is 6.61 Å². The van der Waals surface area contributed by atoms with Crippen LogP contribution < -0.4 is 10.5 Å². The molecule has 0 bridgehead atoms. The van der Waals surface area contributed by atoms with Gasteiger partial charge in [-0.15, -0.1) is 0 Å². The molecule has 0 fully saturated rings. The van der Waals surface area contributed by atoms with Gasteiger partial charge in [0.05, 0.1) is 12.8 Å². The van der Waals surface area contributed by atoms with E-state index in [1.54, 1.807) is 0 Å². The second-order valence-corrected chi connectivity index (χ2v) is 2.55. The van der Waals surface area contributed by atoms with Gasteiger partial charge in [0.25, 0.3) is 0 Å². The van der Waals surface area contributed by atoms with E-state index >= 15 is 0 Å². The standard InChI is InChI=1S/C9H10FNO3/c1-13-9(12)5-14-8-3-2-6(10)4-7(8)11/h2-4H,5,11H2,1H3. The van der Waals surface area contributed by atoms with Gasteiger partial charge >= 0.3 is 5.97 Å². The van der Waals surface area contributed by atoms with E-state index in [-0.39, 0.29) is 18.0 Å². The van der Waals surface area contributed by atoms with Crippen molar-refractivity contribution in [3.63, 3.8) is 0 Å². The molecule has 1 rings (SSSR count). The molecule has 2 N–H and O–H groups in total. The highest BCUT2D eigenvalue weighted by atomic mass is 19.1. The van der Waals surface area contributed by atoms with Crippen molar-refractivity contribution in [3.05, 3.63) is 24.0 Å². The zero-order valence-corrected chi connectivity index (χ0v) is 7.62. The largest absolute Gasteiger partial charge is 0.480 e. The molecule has 14 heavy (non-hydrogen) atoms. The average Bonchev–Trinajstić information content (AvgIpc) is 2.16. The van der Waals surface area contributed by atoms with Crippen molar-refractivity contribution >= 4 is 11.7 Å². The Morgan fingerprint density at radius 3 is 2.86 bits per heavy atom. The third-order valence-electron chi connectivity index (χ3n) is 1.55. The Labute approximate surface area is 80.4 Å². The highest BCUT2D eigenvalue weighted by Gasteiger charge is 2.05. The lowest BCUT2D eigenvalue weighted by atomic mass is 10.3. The summed E-state index contributed by atoms with van der Waals surface area (Å²) in [5, 5.41) is 0. The monoisotopic (exact) mass is 199 g/mol. The fourth-order valence-corrected chi connectivity index (χ4v) is 0.846. The van der Waals surface area contributed by atoms with Gasteiger partial charge in [0, 0.05) is 6.07 Å². The van der Waals surface area contributed by atoms with E-state index < -0.39 is 11.8 Å². The van der Waals surface area contributed by atoms with Gasteiger partial charge < -0.3 is 15.2 Å². The molecule has 0 aliphatic carbocycles. The number of carbonyl (C=O) groups excluding carboxylic acids is 1. The summed E-state index contributed by atoms with van der Waals surface area (Å²) in [5.41, 5.74) is 5.58. The first-order chi connectivity index (χ1) is 6.63. The van der Waals surface area contributed by atoms with Crippen LogP contribution in [0.15, 0.2) is 18.2 Å². The molecule has 0 heterocycles. The third-order valence-corrected chi connectivity index (χ3v) is 1.55. The van der Waals surface area contributed by atoms with E-state index in [2.05, 4.69) is 4.74 Å². The van der Waals surface area contributed by atoms with Crippen LogP contribution in [0.3, 0.4) is 0 Å². The van der Waals surface area contributed by atoms with E-state index in [0.29, 0.717) is 0 Å². The molecule has 0 amide bonds. The van der Waals surface area contributed by atoms with Crippen LogP contribution >= 0.6 is 0 Å². The molecule has 1 aromatic carbocycles. The van der Waals surface area contributed by atoms with Crippen molar-refractivity contribution in [3.8, 4) is 5.75 Å². The zero-order valence-electron chi connectivity index (χ0n) is 7.62. The van der Waals surface area contributed by atoms with Crippen molar-refractivity contribution < 1.29 is 18.7 Å². The summed E-state index contributed by atoms with van der Waals surface area (Å²) in [6.45, 7) is -0.244. The lowest BCUT2D eigenvalue weighted by Gasteiger charge is -2.06. The molecule has 0 aromatic heterocycles. The van der Waals surface area contributed by atoms with Crippen LogP contribution in [0.4, 0.5) is 10.1 Å². The SMILES string of the molecule is COC(=O)COc1ccc(F)cc1N. The van der Waals surface area contributed by atoms with Gasteiger partial charge in [0.2, 0.25) is 0 Å². The van der Waals surface area contributed by atoms with Crippen LogP contribution in [-0.4, -0.2) is 19.7 Å². The first-order valence-electron chi connectivity index (χ1n) is 3.88. The Hall–Kier alpha value is -1.78. The average molecular weight is 199 g/mol. The Kier molecular flexibility index (Phi) is 3.28. The van der Waals surface area contributed by atoms with Crippen LogP contribution in [0.2, 0.25) is 0 Å². The summed E-state index contributed by atoms with van der Waals surface area (Å²) < 4.78 is 21.9. The lowest BCUT2D eigenvalue weighted by Crippen LogP contribution is -2.13. The van der Waals surface area contributed by atoms with Crippen molar-refractivity contribution in [2.45, 2.75) is 0 Å². The smallest absolute Gasteiger partial charge is 0.343 e. The highest BCUT2D eigenvalue weighted by molar-refractivity contribution is 5.71. The Balaban J connectivity index is 2.63. The molecule has 0 spiro atoms. The van der Waals surface area contributed by atoms with E-state index in [9.17, 15) is 9.18 Å². The van der Waals surface area contributed by atoms with Gasteiger partial charge in [-0.1, -0.05) is 0 Å². The third kappa shape index (κ3) is 2.62. The van der Waals surface area contributed by atoms with Gasteiger partial charge in [-0.25, -0.2) is 9.18 Å². The van der Waals surface area contributed by atoms with E-state index in [4.69, 9.17) is 10.5 Å². The first kappa shape index (κ1) is 10.3. The minimum atomic E-state index is -0.520. The molecule has 5 heteroatoms. The lowest BCUT2D eigenvalue weighted by molar-refractivity contribution is -0.142. The molecular weight excluding hydrogens is 189 g/mol. The summed E-state index contributed by atoms with van der Waals surface area (Å²) in [6.07, 6.45) is 0. The molecule has 0 saturated carbocycles.